The van der Waals surface area contributed by atoms with Gasteiger partial charge in [-0.25, -0.2) is 9.37 Å². The monoisotopic (exact) mass is 379 g/mol. The lowest BCUT2D eigenvalue weighted by Crippen LogP contribution is -2.32. The lowest BCUT2D eigenvalue weighted by Gasteiger charge is -2.20. The van der Waals surface area contributed by atoms with Gasteiger partial charge in [0.1, 0.15) is 5.82 Å². The Hall–Kier alpha value is -2.68. The first-order valence-corrected chi connectivity index (χ1v) is 8.77. The van der Waals surface area contributed by atoms with Crippen LogP contribution in [0, 0.1) is 5.82 Å². The minimum absolute atomic E-state index is 0.0236. The van der Waals surface area contributed by atoms with Crippen LogP contribution in [-0.4, -0.2) is 41.3 Å². The van der Waals surface area contributed by atoms with Crippen molar-refractivity contribution in [3.63, 3.8) is 0 Å². The van der Waals surface area contributed by atoms with E-state index >= 15 is 0 Å². The number of carbonyl (C=O) groups is 2. The third-order valence-corrected chi connectivity index (χ3v) is 4.27. The molecule has 0 radical (unpaired) electrons. The number of hydrogen-bond acceptors (Lipinski definition) is 6. The zero-order chi connectivity index (χ0) is 19.1. The molecule has 1 aromatic heterocycles. The van der Waals surface area contributed by atoms with E-state index in [4.69, 9.17) is 0 Å². The summed E-state index contributed by atoms with van der Waals surface area (Å²) >= 11 is 1.05. The number of nitrogens with zero attached hydrogens (tertiary/aromatic N) is 2. The van der Waals surface area contributed by atoms with Crippen LogP contribution in [0.25, 0.3) is 0 Å². The molecule has 1 aromatic carbocycles. The Morgan fingerprint density at radius 2 is 2.00 bits per heavy atom. The van der Waals surface area contributed by atoms with E-state index in [1.807, 2.05) is 6.92 Å². The predicted octanol–water partition coefficient (Wildman–Crippen LogP) is 1.77. The molecule has 0 aliphatic rings. The van der Waals surface area contributed by atoms with Gasteiger partial charge in [0, 0.05) is 18.3 Å². The van der Waals surface area contributed by atoms with Gasteiger partial charge in [-0.15, -0.1) is 0 Å². The maximum atomic E-state index is 13.0. The van der Waals surface area contributed by atoms with Gasteiger partial charge in [-0.2, -0.15) is 0 Å². The van der Waals surface area contributed by atoms with E-state index in [2.05, 4.69) is 14.7 Å². The Kier molecular flexibility index (Phi) is 6.90. The second-order valence-corrected chi connectivity index (χ2v) is 6.16. The highest BCUT2D eigenvalue weighted by Crippen LogP contribution is 2.18. The van der Waals surface area contributed by atoms with E-state index in [1.54, 1.807) is 0 Å². The number of carbonyl (C=O) groups excluding carboxylic acids is 2. The van der Waals surface area contributed by atoms with Crippen molar-refractivity contribution in [3.05, 3.63) is 52.2 Å². The molecular weight excluding hydrogens is 361 g/mol. The number of amides is 1. The van der Waals surface area contributed by atoms with Crippen molar-refractivity contribution in [2.24, 2.45) is 0 Å². The molecule has 0 saturated heterocycles. The number of halogens is 1. The van der Waals surface area contributed by atoms with Gasteiger partial charge in [-0.3, -0.25) is 14.4 Å². The molecule has 0 aliphatic heterocycles. The molecule has 0 aliphatic carbocycles. The molecule has 9 heteroatoms. The number of anilines is 1. The molecule has 138 valence electrons. The zero-order valence-corrected chi connectivity index (χ0v) is 15.1. The number of thioether (sulfide) groups is 1. The van der Waals surface area contributed by atoms with Crippen molar-refractivity contribution in [2.75, 3.05) is 24.3 Å². The third kappa shape index (κ3) is 5.41. The summed E-state index contributed by atoms with van der Waals surface area (Å²) in [5.74, 6) is -1.08. The molecule has 1 heterocycles. The van der Waals surface area contributed by atoms with Gasteiger partial charge in [-0.05, 0) is 31.2 Å². The zero-order valence-electron chi connectivity index (χ0n) is 14.3. The average Bonchev–Trinajstić information content (AvgIpc) is 2.61. The lowest BCUT2D eigenvalue weighted by molar-refractivity contribution is -0.139. The average molecular weight is 379 g/mol. The molecule has 26 heavy (non-hydrogen) atoms. The maximum absolute atomic E-state index is 13.0. The van der Waals surface area contributed by atoms with Crippen molar-refractivity contribution in [1.29, 1.82) is 0 Å². The summed E-state index contributed by atoms with van der Waals surface area (Å²) in [6, 6.07) is 6.83. The number of esters is 1. The number of hydrogen-bond donors (Lipinski definition) is 1. The fraction of sp³-hybridized carbons (Fsp3) is 0.294. The Balaban J connectivity index is 2.07. The number of H-pyrrole nitrogens is 1. The van der Waals surface area contributed by atoms with Gasteiger partial charge in [0.25, 0.3) is 5.56 Å². The standard InChI is InChI=1S/C17H18FN3O4S/c1-3-21(13-6-4-11(18)5-7-13)15(23)10-26-17-19-12(8-14(22)20-17)9-16(24)25-2/h4-8H,3,9-10H2,1-2H3,(H,19,20,22). The van der Waals surface area contributed by atoms with Crippen molar-refractivity contribution in [1.82, 2.24) is 9.97 Å². The number of aromatic amines is 1. The number of aromatic nitrogens is 2. The number of ether oxygens (including phenoxy) is 1. The largest absolute Gasteiger partial charge is 0.469 e. The second-order valence-electron chi connectivity index (χ2n) is 5.20. The van der Waals surface area contributed by atoms with E-state index in [9.17, 15) is 18.8 Å². The van der Waals surface area contributed by atoms with Gasteiger partial charge in [0.15, 0.2) is 5.16 Å². The summed E-state index contributed by atoms with van der Waals surface area (Å²) in [6.07, 6.45) is -0.126. The summed E-state index contributed by atoms with van der Waals surface area (Å²) in [6.45, 7) is 2.22. The van der Waals surface area contributed by atoms with Crippen molar-refractivity contribution in [2.45, 2.75) is 18.5 Å². The van der Waals surface area contributed by atoms with E-state index in [0.717, 1.165) is 11.8 Å². The lowest BCUT2D eigenvalue weighted by atomic mass is 10.3. The molecule has 2 aromatic rings. The SMILES string of the molecule is CCN(C(=O)CSc1nc(CC(=O)OC)cc(=O)[nH]1)c1ccc(F)cc1. The molecule has 1 amide bonds. The van der Waals surface area contributed by atoms with Gasteiger partial charge < -0.3 is 14.6 Å². The fourth-order valence-corrected chi connectivity index (χ4v) is 2.96. The number of rotatable bonds is 7. The molecule has 0 fully saturated rings. The molecule has 0 bridgehead atoms. The molecule has 0 spiro atoms. The molecular formula is C17H18FN3O4S. The summed E-state index contributed by atoms with van der Waals surface area (Å²) in [5.41, 5.74) is 0.432. The summed E-state index contributed by atoms with van der Waals surface area (Å²) in [4.78, 5) is 43.6. The van der Waals surface area contributed by atoms with Crippen LogP contribution in [0.1, 0.15) is 12.6 Å². The minimum Gasteiger partial charge on any atom is -0.469 e. The van der Waals surface area contributed by atoms with Gasteiger partial charge >= 0.3 is 5.97 Å². The Bertz CT molecular complexity index is 839. The minimum atomic E-state index is -0.511. The summed E-state index contributed by atoms with van der Waals surface area (Å²) in [5, 5.41) is 0.236. The second kappa shape index (κ2) is 9.14. The highest BCUT2D eigenvalue weighted by molar-refractivity contribution is 7.99. The highest BCUT2D eigenvalue weighted by Gasteiger charge is 2.15. The first kappa shape index (κ1) is 19.6. The van der Waals surface area contributed by atoms with E-state index < -0.39 is 11.5 Å². The van der Waals surface area contributed by atoms with Gasteiger partial charge in [0.2, 0.25) is 5.91 Å². The number of benzene rings is 1. The number of nitrogens with one attached hydrogen (secondary N) is 1. The van der Waals surface area contributed by atoms with Crippen molar-refractivity contribution in [3.8, 4) is 0 Å². The maximum Gasteiger partial charge on any atom is 0.311 e. The smallest absolute Gasteiger partial charge is 0.311 e. The fourth-order valence-electron chi connectivity index (χ4n) is 2.19. The first-order valence-electron chi connectivity index (χ1n) is 7.78. The van der Waals surface area contributed by atoms with Crippen LogP contribution < -0.4 is 10.5 Å². The third-order valence-electron chi connectivity index (χ3n) is 3.41. The first-order chi connectivity index (χ1) is 12.4. The molecule has 0 unspecified atom stereocenters. The van der Waals surface area contributed by atoms with Crippen LogP contribution in [0.15, 0.2) is 40.3 Å². The van der Waals surface area contributed by atoms with Crippen molar-refractivity contribution >= 4 is 29.3 Å². The highest BCUT2D eigenvalue weighted by atomic mass is 32.2. The summed E-state index contributed by atoms with van der Waals surface area (Å²) < 4.78 is 17.6. The topological polar surface area (TPSA) is 92.4 Å². The van der Waals surface area contributed by atoms with E-state index in [1.165, 1.54) is 42.3 Å². The van der Waals surface area contributed by atoms with Crippen LogP contribution in [0.4, 0.5) is 10.1 Å². The molecule has 0 saturated carbocycles. The molecule has 0 atom stereocenters. The Morgan fingerprint density at radius 1 is 1.31 bits per heavy atom. The van der Waals surface area contributed by atoms with E-state index in [-0.39, 0.29) is 34.7 Å². The number of methoxy groups -OCH3 is 1. The van der Waals surface area contributed by atoms with Gasteiger partial charge in [0.05, 0.1) is 25.0 Å². The van der Waals surface area contributed by atoms with Crippen LogP contribution in [-0.2, 0) is 20.7 Å². The normalized spacial score (nSPS) is 10.4. The molecule has 7 nitrogen and oxygen atoms in total. The quantitative estimate of drug-likeness (QED) is 0.448. The molecule has 1 N–H and O–H groups in total. The molecule has 2 rings (SSSR count). The van der Waals surface area contributed by atoms with Gasteiger partial charge in [-0.1, -0.05) is 11.8 Å². The van der Waals surface area contributed by atoms with E-state index in [0.29, 0.717) is 12.2 Å². The van der Waals surface area contributed by atoms with Crippen LogP contribution in [0.2, 0.25) is 0 Å². The van der Waals surface area contributed by atoms with Crippen LogP contribution in [0.5, 0.6) is 0 Å². The Labute approximate surface area is 153 Å². The predicted molar refractivity (Wildman–Crippen MR) is 95.7 cm³/mol. The Morgan fingerprint density at radius 3 is 2.62 bits per heavy atom. The summed E-state index contributed by atoms with van der Waals surface area (Å²) in [7, 11) is 1.25. The van der Waals surface area contributed by atoms with Crippen LogP contribution in [0.3, 0.4) is 0 Å². The van der Waals surface area contributed by atoms with Crippen LogP contribution >= 0.6 is 11.8 Å². The van der Waals surface area contributed by atoms with Crippen molar-refractivity contribution < 1.29 is 18.7 Å².